The number of aromatic nitrogens is 2. The normalized spacial score (nSPS) is 12.0. The second kappa shape index (κ2) is 6.99. The Bertz CT molecular complexity index is 1220. The molecule has 0 aliphatic rings. The maximum absolute atomic E-state index is 13.2. The Kier molecular flexibility index (Phi) is 4.61. The molecule has 0 saturated carbocycles. The van der Waals surface area contributed by atoms with Gasteiger partial charge in [-0.05, 0) is 50.1 Å². The van der Waals surface area contributed by atoms with Crippen LogP contribution in [-0.4, -0.2) is 22.4 Å². The molecule has 0 aliphatic carbocycles. The van der Waals surface area contributed by atoms with Crippen molar-refractivity contribution in [2.45, 2.75) is 26.4 Å². The number of para-hydroxylation sites is 1. The Morgan fingerprint density at radius 1 is 1.07 bits per heavy atom. The fourth-order valence-corrected chi connectivity index (χ4v) is 3.73. The summed E-state index contributed by atoms with van der Waals surface area (Å²) in [7, 11) is 0. The van der Waals surface area contributed by atoms with Crippen LogP contribution in [0.15, 0.2) is 42.5 Å². The molecule has 29 heavy (non-hydrogen) atoms. The van der Waals surface area contributed by atoms with Gasteiger partial charge >= 0.3 is 6.18 Å². The highest BCUT2D eigenvalue weighted by atomic mass is 19.4. The topological polar surface area (TPSA) is 60.7 Å². The van der Waals surface area contributed by atoms with Gasteiger partial charge in [0.25, 0.3) is 5.91 Å². The quantitative estimate of drug-likeness (QED) is 0.431. The Morgan fingerprint density at radius 3 is 2.62 bits per heavy atom. The third kappa shape index (κ3) is 3.60. The van der Waals surface area contributed by atoms with Gasteiger partial charge in [0.1, 0.15) is 5.69 Å². The van der Waals surface area contributed by atoms with E-state index in [-0.39, 0.29) is 11.4 Å². The molecule has 0 atom stereocenters. The summed E-state index contributed by atoms with van der Waals surface area (Å²) in [6.07, 6.45) is -3.99. The predicted octanol–water partition coefficient (Wildman–Crippen LogP) is 5.26. The third-order valence-corrected chi connectivity index (χ3v) is 5.14. The lowest BCUT2D eigenvalue weighted by molar-refractivity contribution is -0.136. The van der Waals surface area contributed by atoms with E-state index in [0.717, 1.165) is 28.1 Å². The fraction of sp³-hybridized carbons (Fsp3) is 0.227. The number of H-pyrrole nitrogens is 2. The van der Waals surface area contributed by atoms with E-state index in [4.69, 9.17) is 0 Å². The Hall–Kier alpha value is -3.22. The Labute approximate surface area is 165 Å². The van der Waals surface area contributed by atoms with Crippen LogP contribution in [0.3, 0.4) is 0 Å². The van der Waals surface area contributed by atoms with E-state index in [9.17, 15) is 18.0 Å². The van der Waals surface area contributed by atoms with Gasteiger partial charge in [0.05, 0.1) is 11.1 Å². The van der Waals surface area contributed by atoms with E-state index in [2.05, 4.69) is 15.3 Å². The summed E-state index contributed by atoms with van der Waals surface area (Å²) >= 11 is 0. The number of carbonyl (C=O) groups is 1. The lowest BCUT2D eigenvalue weighted by Gasteiger charge is -2.08. The molecule has 0 radical (unpaired) electrons. The van der Waals surface area contributed by atoms with Gasteiger partial charge in [0, 0.05) is 28.5 Å². The summed E-state index contributed by atoms with van der Waals surface area (Å²) in [5.41, 5.74) is 3.31. The van der Waals surface area contributed by atoms with E-state index in [1.807, 2.05) is 25.1 Å². The van der Waals surface area contributed by atoms with Crippen LogP contribution in [0.2, 0.25) is 0 Å². The maximum atomic E-state index is 13.2. The number of aromatic amines is 2. The van der Waals surface area contributed by atoms with Crippen molar-refractivity contribution >= 4 is 27.7 Å². The molecule has 0 fully saturated rings. The molecule has 0 aliphatic heterocycles. The predicted molar refractivity (Wildman–Crippen MR) is 107 cm³/mol. The van der Waals surface area contributed by atoms with Crippen molar-refractivity contribution in [3.05, 3.63) is 70.5 Å². The smallest absolute Gasteiger partial charge is 0.358 e. The number of carbonyl (C=O) groups excluding carboxylic acids is 1. The van der Waals surface area contributed by atoms with E-state index < -0.39 is 11.7 Å². The molecule has 7 heteroatoms. The van der Waals surface area contributed by atoms with Gasteiger partial charge < -0.3 is 15.3 Å². The van der Waals surface area contributed by atoms with Crippen LogP contribution in [0.5, 0.6) is 0 Å². The van der Waals surface area contributed by atoms with Crippen LogP contribution >= 0.6 is 0 Å². The van der Waals surface area contributed by atoms with Crippen molar-refractivity contribution in [1.82, 2.24) is 15.3 Å². The number of hydrogen-bond donors (Lipinski definition) is 3. The first-order valence-electron chi connectivity index (χ1n) is 9.29. The lowest BCUT2D eigenvalue weighted by Crippen LogP contribution is -2.26. The molecular formula is C22H20F3N3O. The zero-order valence-electron chi connectivity index (χ0n) is 16.0. The number of fused-ring (bicyclic) bond motifs is 2. The second-order valence-corrected chi connectivity index (χ2v) is 7.23. The zero-order valence-corrected chi connectivity index (χ0v) is 16.0. The fourth-order valence-electron chi connectivity index (χ4n) is 3.73. The van der Waals surface area contributed by atoms with Gasteiger partial charge in [-0.2, -0.15) is 13.2 Å². The standard InChI is InChI=1S/C22H20F3N3O/c1-12-6-7-18-14(10-12)11-19(28-18)21(29)26-9-8-15-13(2)27-20-16(15)4-3-5-17(20)22(23,24)25/h3-7,10-11,27-28H,8-9H2,1-2H3,(H,26,29). The van der Waals surface area contributed by atoms with Gasteiger partial charge in [0.15, 0.2) is 0 Å². The molecule has 4 rings (SSSR count). The first-order valence-corrected chi connectivity index (χ1v) is 9.29. The first-order chi connectivity index (χ1) is 13.7. The maximum Gasteiger partial charge on any atom is 0.418 e. The number of rotatable bonds is 4. The van der Waals surface area contributed by atoms with Crippen LogP contribution in [0, 0.1) is 13.8 Å². The van der Waals surface area contributed by atoms with Crippen molar-refractivity contribution in [3.8, 4) is 0 Å². The number of halogens is 3. The van der Waals surface area contributed by atoms with Crippen molar-refractivity contribution in [3.63, 3.8) is 0 Å². The van der Waals surface area contributed by atoms with Crippen LogP contribution in [-0.2, 0) is 12.6 Å². The van der Waals surface area contributed by atoms with E-state index >= 15 is 0 Å². The molecule has 4 nitrogen and oxygen atoms in total. The lowest BCUT2D eigenvalue weighted by atomic mass is 10.0. The highest BCUT2D eigenvalue weighted by Gasteiger charge is 2.33. The minimum absolute atomic E-state index is 0.0878. The van der Waals surface area contributed by atoms with Gasteiger partial charge in [-0.3, -0.25) is 4.79 Å². The number of hydrogen-bond acceptors (Lipinski definition) is 1. The molecule has 2 heterocycles. The summed E-state index contributed by atoms with van der Waals surface area (Å²) < 4.78 is 39.7. The minimum atomic E-state index is -4.42. The average molecular weight is 399 g/mol. The van der Waals surface area contributed by atoms with Crippen LogP contribution in [0.25, 0.3) is 21.8 Å². The Balaban J connectivity index is 1.51. The number of nitrogens with one attached hydrogen (secondary N) is 3. The van der Waals surface area contributed by atoms with Crippen LogP contribution < -0.4 is 5.32 Å². The molecule has 4 aromatic rings. The highest BCUT2D eigenvalue weighted by Crippen LogP contribution is 2.36. The molecule has 0 saturated heterocycles. The number of benzene rings is 2. The molecule has 1 amide bonds. The number of amides is 1. The first kappa shape index (κ1) is 19.1. The van der Waals surface area contributed by atoms with Crippen molar-refractivity contribution < 1.29 is 18.0 Å². The molecule has 3 N–H and O–H groups in total. The van der Waals surface area contributed by atoms with Gasteiger partial charge in [-0.1, -0.05) is 23.8 Å². The third-order valence-electron chi connectivity index (χ3n) is 5.14. The molecule has 0 bridgehead atoms. The van der Waals surface area contributed by atoms with Crippen molar-refractivity contribution in [2.75, 3.05) is 6.54 Å². The van der Waals surface area contributed by atoms with Crippen LogP contribution in [0.4, 0.5) is 13.2 Å². The monoisotopic (exact) mass is 399 g/mol. The molecule has 0 unspecified atom stereocenters. The van der Waals surface area contributed by atoms with E-state index in [1.165, 1.54) is 6.07 Å². The summed E-state index contributed by atoms with van der Waals surface area (Å²) in [5, 5.41) is 4.34. The van der Waals surface area contributed by atoms with E-state index in [1.54, 1.807) is 19.1 Å². The molecular weight excluding hydrogens is 379 g/mol. The largest absolute Gasteiger partial charge is 0.418 e. The molecule has 0 spiro atoms. The molecule has 2 aromatic heterocycles. The summed E-state index contributed by atoms with van der Waals surface area (Å²) in [6, 6.07) is 11.8. The highest BCUT2D eigenvalue weighted by molar-refractivity contribution is 5.98. The van der Waals surface area contributed by atoms with Crippen molar-refractivity contribution in [1.29, 1.82) is 0 Å². The number of alkyl halides is 3. The summed E-state index contributed by atoms with van der Waals surface area (Å²) in [5.74, 6) is -0.243. The number of aryl methyl sites for hydroxylation is 2. The van der Waals surface area contributed by atoms with Crippen LogP contribution in [0.1, 0.15) is 32.9 Å². The average Bonchev–Trinajstić information content (AvgIpc) is 3.21. The molecule has 150 valence electrons. The van der Waals surface area contributed by atoms with Gasteiger partial charge in [0.2, 0.25) is 0 Å². The minimum Gasteiger partial charge on any atom is -0.358 e. The van der Waals surface area contributed by atoms with Gasteiger partial charge in [-0.15, -0.1) is 0 Å². The Morgan fingerprint density at radius 2 is 1.86 bits per heavy atom. The zero-order chi connectivity index (χ0) is 20.8. The van der Waals surface area contributed by atoms with Gasteiger partial charge in [-0.25, -0.2) is 0 Å². The summed E-state index contributed by atoms with van der Waals surface area (Å²) in [6.45, 7) is 4.05. The summed E-state index contributed by atoms with van der Waals surface area (Å²) in [4.78, 5) is 18.4. The van der Waals surface area contributed by atoms with E-state index in [0.29, 0.717) is 29.7 Å². The van der Waals surface area contributed by atoms with Crippen molar-refractivity contribution in [2.24, 2.45) is 0 Å². The second-order valence-electron chi connectivity index (χ2n) is 7.23. The SMILES string of the molecule is Cc1ccc2[nH]c(C(=O)NCCc3c(C)[nH]c4c(C(F)(F)F)cccc34)cc2c1. The molecule has 2 aromatic carbocycles.